The minimum atomic E-state index is 0.335. The summed E-state index contributed by atoms with van der Waals surface area (Å²) < 4.78 is 0. The standard InChI is InChI=1S/C12H20N6/c1-14-10-8-11(16-12(13)15-10)18-6-4-17(5-7-18)9-2-3-9/h8-9H,2-7H2,1H3,(H3,13,14,15,16). The molecule has 1 aliphatic heterocycles. The first-order chi connectivity index (χ1) is 8.76. The summed E-state index contributed by atoms with van der Waals surface area (Å²) in [5, 5.41) is 3.02. The van der Waals surface area contributed by atoms with E-state index in [0.717, 1.165) is 43.9 Å². The van der Waals surface area contributed by atoms with Crippen LogP contribution in [-0.2, 0) is 0 Å². The van der Waals surface area contributed by atoms with Gasteiger partial charge in [-0.2, -0.15) is 9.97 Å². The Morgan fingerprint density at radius 2 is 1.94 bits per heavy atom. The highest BCUT2D eigenvalue weighted by Crippen LogP contribution is 2.28. The number of anilines is 3. The summed E-state index contributed by atoms with van der Waals surface area (Å²) in [5.74, 6) is 2.05. The third-order valence-electron chi connectivity index (χ3n) is 3.69. The molecule has 0 bridgehead atoms. The predicted molar refractivity (Wildman–Crippen MR) is 72.8 cm³/mol. The first-order valence-electron chi connectivity index (χ1n) is 6.57. The molecule has 18 heavy (non-hydrogen) atoms. The lowest BCUT2D eigenvalue weighted by Crippen LogP contribution is -2.47. The lowest BCUT2D eigenvalue weighted by Gasteiger charge is -2.35. The van der Waals surface area contributed by atoms with Crippen LogP contribution in [0.4, 0.5) is 17.6 Å². The molecule has 3 N–H and O–H groups in total. The van der Waals surface area contributed by atoms with Crippen LogP contribution in [0.25, 0.3) is 0 Å². The van der Waals surface area contributed by atoms with Gasteiger partial charge in [0.05, 0.1) is 0 Å². The smallest absolute Gasteiger partial charge is 0.223 e. The van der Waals surface area contributed by atoms with Gasteiger partial charge in [-0.3, -0.25) is 4.90 Å². The van der Waals surface area contributed by atoms with Gasteiger partial charge in [0.2, 0.25) is 5.95 Å². The highest BCUT2D eigenvalue weighted by molar-refractivity contribution is 5.52. The van der Waals surface area contributed by atoms with Crippen LogP contribution >= 0.6 is 0 Å². The van der Waals surface area contributed by atoms with E-state index in [-0.39, 0.29) is 0 Å². The first kappa shape index (κ1) is 11.5. The van der Waals surface area contributed by atoms with Crippen LogP contribution in [0.5, 0.6) is 0 Å². The molecular formula is C12H20N6. The van der Waals surface area contributed by atoms with Crippen LogP contribution < -0.4 is 16.0 Å². The summed E-state index contributed by atoms with van der Waals surface area (Å²) in [7, 11) is 1.84. The Morgan fingerprint density at radius 1 is 1.22 bits per heavy atom. The average Bonchev–Trinajstić information content (AvgIpc) is 3.22. The second-order valence-corrected chi connectivity index (χ2v) is 4.97. The number of aromatic nitrogens is 2. The van der Waals surface area contributed by atoms with Gasteiger partial charge in [-0.1, -0.05) is 0 Å². The Hall–Kier alpha value is -1.56. The number of piperazine rings is 1. The lowest BCUT2D eigenvalue weighted by atomic mass is 10.3. The number of rotatable bonds is 3. The van der Waals surface area contributed by atoms with Crippen LogP contribution in [0.3, 0.4) is 0 Å². The predicted octanol–water partition coefficient (Wildman–Crippen LogP) is 0.385. The van der Waals surface area contributed by atoms with Crippen molar-refractivity contribution < 1.29 is 0 Å². The average molecular weight is 248 g/mol. The molecule has 0 amide bonds. The minimum absolute atomic E-state index is 0.335. The zero-order chi connectivity index (χ0) is 12.5. The van der Waals surface area contributed by atoms with Crippen molar-refractivity contribution in [3.63, 3.8) is 0 Å². The number of nitrogens with one attached hydrogen (secondary N) is 1. The normalized spacial score (nSPS) is 21.1. The van der Waals surface area contributed by atoms with Crippen molar-refractivity contribution in [2.45, 2.75) is 18.9 Å². The maximum Gasteiger partial charge on any atom is 0.223 e. The van der Waals surface area contributed by atoms with Crippen molar-refractivity contribution in [2.75, 3.05) is 49.2 Å². The minimum Gasteiger partial charge on any atom is -0.373 e. The number of nitrogens with two attached hydrogens (primary N) is 1. The van der Waals surface area contributed by atoms with E-state index in [2.05, 4.69) is 25.1 Å². The second-order valence-electron chi connectivity index (χ2n) is 4.97. The fourth-order valence-electron chi connectivity index (χ4n) is 2.50. The molecule has 6 nitrogen and oxygen atoms in total. The van der Waals surface area contributed by atoms with Crippen molar-refractivity contribution in [3.05, 3.63) is 6.07 Å². The second kappa shape index (κ2) is 4.61. The summed E-state index contributed by atoms with van der Waals surface area (Å²) >= 11 is 0. The highest BCUT2D eigenvalue weighted by Gasteiger charge is 2.31. The molecular weight excluding hydrogens is 228 g/mol. The van der Waals surface area contributed by atoms with E-state index in [1.54, 1.807) is 0 Å². The fourth-order valence-corrected chi connectivity index (χ4v) is 2.50. The van der Waals surface area contributed by atoms with Gasteiger partial charge in [0.1, 0.15) is 11.6 Å². The summed E-state index contributed by atoms with van der Waals surface area (Å²) in [6.45, 7) is 4.30. The molecule has 6 heteroatoms. The SMILES string of the molecule is CNc1cc(N2CCN(C3CC3)CC2)nc(N)n1. The Kier molecular flexibility index (Phi) is 2.95. The Bertz CT molecular complexity index is 423. The Morgan fingerprint density at radius 3 is 2.56 bits per heavy atom. The summed E-state index contributed by atoms with van der Waals surface area (Å²) in [6.07, 6.45) is 2.76. The van der Waals surface area contributed by atoms with E-state index in [9.17, 15) is 0 Å². The van der Waals surface area contributed by atoms with E-state index in [4.69, 9.17) is 5.73 Å². The van der Waals surface area contributed by atoms with E-state index >= 15 is 0 Å². The van der Waals surface area contributed by atoms with Crippen LogP contribution in [0.1, 0.15) is 12.8 Å². The van der Waals surface area contributed by atoms with Crippen molar-refractivity contribution in [1.82, 2.24) is 14.9 Å². The van der Waals surface area contributed by atoms with Gasteiger partial charge in [-0.15, -0.1) is 0 Å². The van der Waals surface area contributed by atoms with Gasteiger partial charge in [0.25, 0.3) is 0 Å². The van der Waals surface area contributed by atoms with Gasteiger partial charge in [-0.25, -0.2) is 0 Å². The van der Waals surface area contributed by atoms with Crippen LogP contribution in [0, 0.1) is 0 Å². The van der Waals surface area contributed by atoms with Crippen LogP contribution in [-0.4, -0.2) is 54.1 Å². The number of hydrogen-bond donors (Lipinski definition) is 2. The number of nitrogens with zero attached hydrogens (tertiary/aromatic N) is 4. The maximum atomic E-state index is 5.73. The highest BCUT2D eigenvalue weighted by atomic mass is 15.3. The van der Waals surface area contributed by atoms with E-state index in [0.29, 0.717) is 5.95 Å². The van der Waals surface area contributed by atoms with E-state index in [1.807, 2.05) is 13.1 Å². The van der Waals surface area contributed by atoms with Crippen molar-refractivity contribution >= 4 is 17.6 Å². The Balaban J connectivity index is 1.69. The molecule has 0 atom stereocenters. The molecule has 1 aromatic rings. The third kappa shape index (κ3) is 2.33. The molecule has 98 valence electrons. The van der Waals surface area contributed by atoms with Gasteiger partial charge in [-0.05, 0) is 12.8 Å². The summed E-state index contributed by atoms with van der Waals surface area (Å²) in [5.41, 5.74) is 5.73. The molecule has 1 saturated heterocycles. The van der Waals surface area contributed by atoms with E-state index < -0.39 is 0 Å². The molecule has 2 aliphatic rings. The Labute approximate surface area is 107 Å². The number of hydrogen-bond acceptors (Lipinski definition) is 6. The molecule has 0 radical (unpaired) electrons. The molecule has 2 fully saturated rings. The van der Waals surface area contributed by atoms with Gasteiger partial charge >= 0.3 is 0 Å². The number of nitrogen functional groups attached to an aromatic ring is 1. The first-order valence-corrected chi connectivity index (χ1v) is 6.57. The molecule has 2 heterocycles. The van der Waals surface area contributed by atoms with Crippen molar-refractivity contribution in [1.29, 1.82) is 0 Å². The van der Waals surface area contributed by atoms with Crippen LogP contribution in [0.15, 0.2) is 6.07 Å². The van der Waals surface area contributed by atoms with Gasteiger partial charge in [0.15, 0.2) is 0 Å². The monoisotopic (exact) mass is 248 g/mol. The zero-order valence-corrected chi connectivity index (χ0v) is 10.8. The molecule has 1 aliphatic carbocycles. The molecule has 0 unspecified atom stereocenters. The maximum absolute atomic E-state index is 5.73. The zero-order valence-electron chi connectivity index (χ0n) is 10.8. The van der Waals surface area contributed by atoms with Crippen LogP contribution in [0.2, 0.25) is 0 Å². The summed E-state index contributed by atoms with van der Waals surface area (Å²) in [4.78, 5) is 13.3. The molecule has 0 spiro atoms. The lowest BCUT2D eigenvalue weighted by molar-refractivity contribution is 0.247. The fraction of sp³-hybridized carbons (Fsp3) is 0.667. The quantitative estimate of drug-likeness (QED) is 0.806. The van der Waals surface area contributed by atoms with Crippen molar-refractivity contribution in [3.8, 4) is 0 Å². The molecule has 1 aromatic heterocycles. The summed E-state index contributed by atoms with van der Waals surface area (Å²) in [6, 6.07) is 2.82. The third-order valence-corrected chi connectivity index (χ3v) is 3.69. The van der Waals surface area contributed by atoms with Crippen molar-refractivity contribution in [2.24, 2.45) is 0 Å². The molecule has 0 aromatic carbocycles. The molecule has 3 rings (SSSR count). The van der Waals surface area contributed by atoms with Gasteiger partial charge < -0.3 is 16.0 Å². The van der Waals surface area contributed by atoms with E-state index in [1.165, 1.54) is 12.8 Å². The van der Waals surface area contributed by atoms with Gasteiger partial charge in [0, 0.05) is 45.3 Å². The largest absolute Gasteiger partial charge is 0.373 e. The topological polar surface area (TPSA) is 70.3 Å². The molecule has 1 saturated carbocycles.